The first-order valence-electron chi connectivity index (χ1n) is 11.3. The Morgan fingerprint density at radius 1 is 0.973 bits per heavy atom. The lowest BCUT2D eigenvalue weighted by molar-refractivity contribution is -0.137. The minimum Gasteiger partial charge on any atom is -0.307 e. The Hall–Kier alpha value is -4.59. The number of anilines is 2. The second-order valence-electron chi connectivity index (χ2n) is 8.96. The number of halogens is 3. The maximum absolute atomic E-state index is 15.1. The molecule has 0 bridgehead atoms. The van der Waals surface area contributed by atoms with E-state index >= 15 is 8.78 Å². The second kappa shape index (κ2) is 8.81. The van der Waals surface area contributed by atoms with Gasteiger partial charge in [-0.05, 0) is 31.2 Å². The molecule has 2 fully saturated rings. The molecule has 37 heavy (non-hydrogen) atoms. The number of aromatic nitrogens is 2. The number of hydrogen-bond donors (Lipinski definition) is 0. The average molecular weight is 507 g/mol. The van der Waals surface area contributed by atoms with E-state index in [1.807, 2.05) is 0 Å². The van der Waals surface area contributed by atoms with E-state index in [4.69, 9.17) is 0 Å². The van der Waals surface area contributed by atoms with Crippen molar-refractivity contribution in [3.05, 3.63) is 77.4 Å². The minimum absolute atomic E-state index is 0.0369. The molecule has 1 atom stereocenters. The van der Waals surface area contributed by atoms with Gasteiger partial charge in [0, 0.05) is 31.9 Å². The van der Waals surface area contributed by atoms with Crippen LogP contribution in [-0.4, -0.2) is 51.2 Å². The molecule has 2 saturated heterocycles. The van der Waals surface area contributed by atoms with Crippen LogP contribution in [-0.2, 0) is 16.6 Å². The SMILES string of the molecule is Cn1cc(N2CCN3C(=O)N(c4c(F)cc(C#Cc5ccccc5F)cc4F)C(=O)C[C@@]3(C)C2=O)cn1. The number of hydrogen-bond acceptors (Lipinski definition) is 4. The summed E-state index contributed by atoms with van der Waals surface area (Å²) >= 11 is 0. The van der Waals surface area contributed by atoms with Gasteiger partial charge in [0.15, 0.2) is 11.6 Å². The Morgan fingerprint density at radius 2 is 1.68 bits per heavy atom. The summed E-state index contributed by atoms with van der Waals surface area (Å²) in [6, 6.07) is 6.41. The zero-order valence-electron chi connectivity index (χ0n) is 19.8. The van der Waals surface area contributed by atoms with Crippen LogP contribution in [0.4, 0.5) is 29.3 Å². The Morgan fingerprint density at radius 3 is 2.32 bits per heavy atom. The predicted octanol–water partition coefficient (Wildman–Crippen LogP) is 3.20. The number of fused-ring (bicyclic) bond motifs is 1. The highest BCUT2D eigenvalue weighted by atomic mass is 19.1. The molecule has 0 N–H and O–H groups in total. The number of rotatable bonds is 2. The summed E-state index contributed by atoms with van der Waals surface area (Å²) < 4.78 is 45.5. The molecule has 0 unspecified atom stereocenters. The molecule has 188 valence electrons. The summed E-state index contributed by atoms with van der Waals surface area (Å²) in [4.78, 5) is 42.8. The number of piperazine rings is 1. The molecule has 11 heteroatoms. The fraction of sp³-hybridized carbons (Fsp3) is 0.231. The van der Waals surface area contributed by atoms with E-state index in [0.29, 0.717) is 10.6 Å². The fourth-order valence-electron chi connectivity index (χ4n) is 4.60. The topological polar surface area (TPSA) is 78.8 Å². The molecule has 0 saturated carbocycles. The van der Waals surface area contributed by atoms with Gasteiger partial charge in [0.2, 0.25) is 5.91 Å². The zero-order chi connectivity index (χ0) is 26.5. The number of aryl methyl sites for hydroxylation is 1. The molecule has 2 aromatic carbocycles. The lowest BCUT2D eigenvalue weighted by atomic mass is 9.88. The maximum Gasteiger partial charge on any atom is 0.332 e. The van der Waals surface area contributed by atoms with E-state index in [0.717, 1.165) is 17.0 Å². The normalized spacial score (nSPS) is 19.6. The summed E-state index contributed by atoms with van der Waals surface area (Å²) in [6.45, 7) is 1.61. The number of urea groups is 1. The van der Waals surface area contributed by atoms with Gasteiger partial charge in [-0.15, -0.1) is 0 Å². The lowest BCUT2D eigenvalue weighted by Crippen LogP contribution is -2.72. The van der Waals surface area contributed by atoms with Gasteiger partial charge in [-0.2, -0.15) is 5.10 Å². The van der Waals surface area contributed by atoms with Gasteiger partial charge in [-0.1, -0.05) is 24.0 Å². The highest BCUT2D eigenvalue weighted by Crippen LogP contribution is 2.38. The van der Waals surface area contributed by atoms with Gasteiger partial charge in [0.25, 0.3) is 5.91 Å². The van der Waals surface area contributed by atoms with Crippen LogP contribution in [0.15, 0.2) is 48.8 Å². The number of nitrogens with zero attached hydrogens (tertiary/aromatic N) is 5. The molecule has 4 amide bonds. The molecular formula is C26H20F3N5O3. The minimum atomic E-state index is -1.53. The maximum atomic E-state index is 15.1. The van der Waals surface area contributed by atoms with Gasteiger partial charge in [0.1, 0.15) is 17.0 Å². The molecule has 0 spiro atoms. The highest BCUT2D eigenvalue weighted by molar-refractivity contribution is 6.20. The first-order chi connectivity index (χ1) is 17.6. The molecule has 2 aliphatic heterocycles. The van der Waals surface area contributed by atoms with Crippen LogP contribution >= 0.6 is 0 Å². The largest absolute Gasteiger partial charge is 0.332 e. The van der Waals surface area contributed by atoms with Crippen LogP contribution in [0, 0.1) is 29.3 Å². The fourth-order valence-corrected chi connectivity index (χ4v) is 4.60. The van der Waals surface area contributed by atoms with E-state index in [-0.39, 0.29) is 24.2 Å². The van der Waals surface area contributed by atoms with E-state index < -0.39 is 52.9 Å². The third-order valence-electron chi connectivity index (χ3n) is 6.47. The van der Waals surface area contributed by atoms with Crippen molar-refractivity contribution in [2.75, 3.05) is 22.9 Å². The molecule has 3 aromatic rings. The zero-order valence-corrected chi connectivity index (χ0v) is 19.8. The van der Waals surface area contributed by atoms with Crippen molar-refractivity contribution in [1.82, 2.24) is 14.7 Å². The third-order valence-corrected chi connectivity index (χ3v) is 6.47. The average Bonchev–Trinajstić information content (AvgIpc) is 3.27. The van der Waals surface area contributed by atoms with Crippen LogP contribution in [0.3, 0.4) is 0 Å². The molecule has 0 aliphatic carbocycles. The van der Waals surface area contributed by atoms with Gasteiger partial charge in [-0.25, -0.2) is 22.9 Å². The number of amides is 4. The van der Waals surface area contributed by atoms with Crippen molar-refractivity contribution < 1.29 is 27.6 Å². The van der Waals surface area contributed by atoms with Crippen molar-refractivity contribution in [1.29, 1.82) is 0 Å². The predicted molar refractivity (Wildman–Crippen MR) is 127 cm³/mol. The smallest absolute Gasteiger partial charge is 0.307 e. The van der Waals surface area contributed by atoms with Crippen molar-refractivity contribution >= 4 is 29.2 Å². The monoisotopic (exact) mass is 507 g/mol. The molecule has 8 nitrogen and oxygen atoms in total. The highest BCUT2D eigenvalue weighted by Gasteiger charge is 2.56. The van der Waals surface area contributed by atoms with Gasteiger partial charge < -0.3 is 9.80 Å². The Kier molecular flexibility index (Phi) is 5.75. The Labute approximate surface area is 209 Å². The second-order valence-corrected chi connectivity index (χ2v) is 8.96. The molecule has 3 heterocycles. The van der Waals surface area contributed by atoms with E-state index in [9.17, 15) is 18.8 Å². The molecule has 2 aliphatic rings. The summed E-state index contributed by atoms with van der Waals surface area (Å²) in [7, 11) is 1.69. The summed E-state index contributed by atoms with van der Waals surface area (Å²) in [6.07, 6.45) is 2.66. The van der Waals surface area contributed by atoms with E-state index in [2.05, 4.69) is 16.9 Å². The Bertz CT molecular complexity index is 1500. The number of carbonyl (C=O) groups is 3. The van der Waals surface area contributed by atoms with Crippen molar-refractivity contribution in [2.24, 2.45) is 7.05 Å². The quantitative estimate of drug-likeness (QED) is 0.499. The van der Waals surface area contributed by atoms with Crippen molar-refractivity contribution in [3.63, 3.8) is 0 Å². The van der Waals surface area contributed by atoms with Crippen molar-refractivity contribution in [3.8, 4) is 11.8 Å². The Balaban J connectivity index is 1.45. The van der Waals surface area contributed by atoms with Crippen LogP contribution in [0.5, 0.6) is 0 Å². The molecule has 0 radical (unpaired) electrons. The van der Waals surface area contributed by atoms with E-state index in [1.54, 1.807) is 19.3 Å². The van der Waals surface area contributed by atoms with Crippen molar-refractivity contribution in [2.45, 2.75) is 18.9 Å². The van der Waals surface area contributed by atoms with Crippen LogP contribution < -0.4 is 9.80 Å². The van der Waals surface area contributed by atoms with Gasteiger partial charge >= 0.3 is 6.03 Å². The van der Waals surface area contributed by atoms with Gasteiger partial charge in [-0.3, -0.25) is 14.3 Å². The molecule has 1 aromatic heterocycles. The molecule has 5 rings (SSSR count). The standard InChI is InChI=1S/C26H20F3N5O3/c1-26-13-22(35)34(25(37)33(26)10-9-32(24(26)36)18-14-30-31(2)15-18)23-20(28)11-16(12-21(23)29)7-8-17-5-3-4-6-19(17)27/h3-6,11-12,14-15H,9-10,13H2,1-2H3/t26-/m0/s1. The summed E-state index contributed by atoms with van der Waals surface area (Å²) in [5.74, 6) is 0.610. The first kappa shape index (κ1) is 24.1. The van der Waals surface area contributed by atoms with E-state index in [1.165, 1.54) is 40.9 Å². The lowest BCUT2D eigenvalue weighted by Gasteiger charge is -2.51. The number of benzene rings is 2. The summed E-state index contributed by atoms with van der Waals surface area (Å²) in [5, 5.41) is 4.05. The number of imide groups is 1. The van der Waals surface area contributed by atoms with Crippen LogP contribution in [0.25, 0.3) is 0 Å². The van der Waals surface area contributed by atoms with Gasteiger partial charge in [0.05, 0.1) is 23.9 Å². The summed E-state index contributed by atoms with van der Waals surface area (Å²) in [5.41, 5.74) is -1.93. The van der Waals surface area contributed by atoms with Crippen LogP contribution in [0.2, 0.25) is 0 Å². The third kappa shape index (κ3) is 4.00. The molecular weight excluding hydrogens is 487 g/mol. The number of carbonyl (C=O) groups excluding carboxylic acids is 3. The van der Waals surface area contributed by atoms with Crippen LogP contribution in [0.1, 0.15) is 24.5 Å². The first-order valence-corrected chi connectivity index (χ1v) is 11.3.